The van der Waals surface area contributed by atoms with Gasteiger partial charge < -0.3 is 10.1 Å². The van der Waals surface area contributed by atoms with E-state index in [2.05, 4.69) is 15.3 Å². The summed E-state index contributed by atoms with van der Waals surface area (Å²) in [5.41, 5.74) is 0.176. The first-order valence-corrected chi connectivity index (χ1v) is 8.38. The van der Waals surface area contributed by atoms with Gasteiger partial charge in [0.05, 0.1) is 22.3 Å². The van der Waals surface area contributed by atoms with Crippen LogP contribution < -0.4 is 10.9 Å². The molecule has 1 atom stereocenters. The van der Waals surface area contributed by atoms with Gasteiger partial charge in [0.2, 0.25) is 0 Å². The summed E-state index contributed by atoms with van der Waals surface area (Å²) in [6, 6.07) is 9.90. The number of fused-ring (bicyclic) bond motifs is 1. The molecule has 0 unspecified atom stereocenters. The Hall–Kier alpha value is -3.26. The highest BCUT2D eigenvalue weighted by Gasteiger charge is 2.19. The first-order chi connectivity index (χ1) is 12.9. The minimum atomic E-state index is -1.07. The number of anilines is 1. The van der Waals surface area contributed by atoms with Crippen LogP contribution in [0.1, 0.15) is 6.92 Å². The maximum absolute atomic E-state index is 12.4. The molecular weight excluding hydrogens is 372 g/mol. The third-order valence-corrected chi connectivity index (χ3v) is 3.91. The van der Waals surface area contributed by atoms with Crippen molar-refractivity contribution in [1.82, 2.24) is 14.5 Å². The summed E-state index contributed by atoms with van der Waals surface area (Å²) in [7, 11) is 0. The van der Waals surface area contributed by atoms with Gasteiger partial charge >= 0.3 is 5.97 Å². The largest absolute Gasteiger partial charge is 0.451 e. The number of amides is 1. The van der Waals surface area contributed by atoms with Gasteiger partial charge in [-0.3, -0.25) is 19.0 Å². The molecule has 0 spiro atoms. The monoisotopic (exact) mass is 386 g/mol. The molecule has 1 amide bonds. The van der Waals surface area contributed by atoms with E-state index in [4.69, 9.17) is 16.3 Å². The van der Waals surface area contributed by atoms with Crippen LogP contribution in [0.4, 0.5) is 5.82 Å². The van der Waals surface area contributed by atoms with Crippen molar-refractivity contribution < 1.29 is 14.3 Å². The number of carbonyl (C=O) groups excluding carboxylic acids is 2. The van der Waals surface area contributed by atoms with Crippen LogP contribution in [0.3, 0.4) is 0 Å². The molecule has 138 valence electrons. The fraction of sp³-hybridized carbons (Fsp3) is 0.167. The van der Waals surface area contributed by atoms with E-state index in [1.165, 1.54) is 25.5 Å². The maximum atomic E-state index is 12.4. The standard InChI is InChI=1S/C18H15ClN4O4/c1-11(17(25)22-15-7-6-12(19)8-20-15)27-16(24)9-23-10-21-14-5-3-2-4-13(14)18(23)26/h2-8,10-11H,9H2,1H3,(H,20,22,25)/t11-/m0/s1. The van der Waals surface area contributed by atoms with Crippen LogP contribution in [0.25, 0.3) is 10.9 Å². The first kappa shape index (κ1) is 18.5. The van der Waals surface area contributed by atoms with Crippen molar-refractivity contribution in [3.8, 4) is 0 Å². The zero-order chi connectivity index (χ0) is 19.4. The van der Waals surface area contributed by atoms with Gasteiger partial charge in [-0.1, -0.05) is 23.7 Å². The number of hydrogen-bond acceptors (Lipinski definition) is 6. The number of hydrogen-bond donors (Lipinski definition) is 1. The number of ether oxygens (including phenoxy) is 1. The van der Waals surface area contributed by atoms with E-state index in [0.29, 0.717) is 15.9 Å². The predicted octanol–water partition coefficient (Wildman–Crippen LogP) is 2.02. The van der Waals surface area contributed by atoms with Gasteiger partial charge in [-0.25, -0.2) is 9.97 Å². The van der Waals surface area contributed by atoms with Crippen molar-refractivity contribution in [2.45, 2.75) is 19.6 Å². The fourth-order valence-electron chi connectivity index (χ4n) is 2.32. The Balaban J connectivity index is 1.63. The Kier molecular flexibility index (Phi) is 5.46. The van der Waals surface area contributed by atoms with Crippen molar-refractivity contribution in [2.24, 2.45) is 0 Å². The second-order valence-electron chi connectivity index (χ2n) is 5.68. The Morgan fingerprint density at radius 3 is 2.74 bits per heavy atom. The Morgan fingerprint density at radius 1 is 1.22 bits per heavy atom. The molecule has 0 aliphatic rings. The molecule has 0 aliphatic carbocycles. The van der Waals surface area contributed by atoms with Crippen molar-refractivity contribution in [3.63, 3.8) is 0 Å². The SMILES string of the molecule is C[C@H](OC(=O)Cn1cnc2ccccc2c1=O)C(=O)Nc1ccc(Cl)cn1. The summed E-state index contributed by atoms with van der Waals surface area (Å²) < 4.78 is 6.22. The van der Waals surface area contributed by atoms with Gasteiger partial charge in [0, 0.05) is 6.20 Å². The molecule has 27 heavy (non-hydrogen) atoms. The number of rotatable bonds is 5. The number of nitrogens with zero attached hydrogens (tertiary/aromatic N) is 3. The zero-order valence-corrected chi connectivity index (χ0v) is 15.0. The normalized spacial score (nSPS) is 11.8. The molecule has 1 N–H and O–H groups in total. The lowest BCUT2D eigenvalue weighted by Gasteiger charge is -2.13. The molecule has 0 fully saturated rings. The van der Waals surface area contributed by atoms with E-state index in [0.717, 1.165) is 4.57 Å². The van der Waals surface area contributed by atoms with E-state index in [-0.39, 0.29) is 17.9 Å². The number of nitrogens with one attached hydrogen (secondary N) is 1. The summed E-state index contributed by atoms with van der Waals surface area (Å²) >= 11 is 5.73. The van der Waals surface area contributed by atoms with Crippen molar-refractivity contribution in [3.05, 3.63) is 64.3 Å². The molecule has 0 bridgehead atoms. The van der Waals surface area contributed by atoms with E-state index in [1.807, 2.05) is 0 Å². The van der Waals surface area contributed by atoms with Crippen LogP contribution in [-0.2, 0) is 20.9 Å². The van der Waals surface area contributed by atoms with Crippen LogP contribution in [0.15, 0.2) is 53.7 Å². The van der Waals surface area contributed by atoms with Crippen molar-refractivity contribution >= 4 is 40.2 Å². The molecule has 3 aromatic rings. The molecule has 3 rings (SSSR count). The Labute approximate surface area is 158 Å². The maximum Gasteiger partial charge on any atom is 0.326 e. The van der Waals surface area contributed by atoms with Crippen LogP contribution >= 0.6 is 11.6 Å². The number of esters is 1. The summed E-state index contributed by atoms with van der Waals surface area (Å²) in [6.07, 6.45) is 1.58. The summed E-state index contributed by atoms with van der Waals surface area (Å²) in [5, 5.41) is 3.33. The minimum absolute atomic E-state index is 0.280. The smallest absolute Gasteiger partial charge is 0.326 e. The van der Waals surface area contributed by atoms with Crippen LogP contribution in [-0.4, -0.2) is 32.5 Å². The van der Waals surface area contributed by atoms with E-state index < -0.39 is 18.0 Å². The highest BCUT2D eigenvalue weighted by molar-refractivity contribution is 6.30. The number of aromatic nitrogens is 3. The lowest BCUT2D eigenvalue weighted by atomic mass is 10.2. The average molecular weight is 387 g/mol. The third kappa shape index (κ3) is 4.48. The van der Waals surface area contributed by atoms with Crippen LogP contribution in [0.5, 0.6) is 0 Å². The molecule has 0 saturated carbocycles. The van der Waals surface area contributed by atoms with Crippen molar-refractivity contribution in [2.75, 3.05) is 5.32 Å². The minimum Gasteiger partial charge on any atom is -0.451 e. The van der Waals surface area contributed by atoms with E-state index >= 15 is 0 Å². The molecule has 9 heteroatoms. The zero-order valence-electron chi connectivity index (χ0n) is 14.3. The van der Waals surface area contributed by atoms with E-state index in [9.17, 15) is 14.4 Å². The molecule has 0 saturated heterocycles. The summed E-state index contributed by atoms with van der Waals surface area (Å²) in [5.74, 6) is -1.01. The van der Waals surface area contributed by atoms with Gasteiger partial charge in [-0.15, -0.1) is 0 Å². The number of halogens is 1. The molecule has 1 aromatic carbocycles. The second-order valence-corrected chi connectivity index (χ2v) is 6.11. The fourth-order valence-corrected chi connectivity index (χ4v) is 2.44. The van der Waals surface area contributed by atoms with E-state index in [1.54, 1.807) is 30.3 Å². The molecule has 8 nitrogen and oxygen atoms in total. The Bertz CT molecular complexity index is 1050. The van der Waals surface area contributed by atoms with Gasteiger partial charge in [0.15, 0.2) is 6.10 Å². The summed E-state index contributed by atoms with van der Waals surface area (Å²) in [6.45, 7) is 1.07. The number of carbonyl (C=O) groups is 2. The van der Waals surface area contributed by atoms with Gasteiger partial charge in [0.25, 0.3) is 11.5 Å². The van der Waals surface area contributed by atoms with Gasteiger partial charge in [-0.05, 0) is 31.2 Å². The molecular formula is C18H15ClN4O4. The second kappa shape index (κ2) is 7.96. The molecule has 2 aromatic heterocycles. The highest BCUT2D eigenvalue weighted by atomic mass is 35.5. The lowest BCUT2D eigenvalue weighted by molar-refractivity contribution is -0.153. The number of pyridine rings is 1. The quantitative estimate of drug-likeness (QED) is 0.673. The topological polar surface area (TPSA) is 103 Å². The van der Waals surface area contributed by atoms with Crippen LogP contribution in [0.2, 0.25) is 5.02 Å². The highest BCUT2D eigenvalue weighted by Crippen LogP contribution is 2.10. The van der Waals surface area contributed by atoms with Crippen LogP contribution in [0, 0.1) is 0 Å². The van der Waals surface area contributed by atoms with Gasteiger partial charge in [0.1, 0.15) is 12.4 Å². The first-order valence-electron chi connectivity index (χ1n) is 8.00. The Morgan fingerprint density at radius 2 is 2.00 bits per heavy atom. The lowest BCUT2D eigenvalue weighted by Crippen LogP contribution is -2.33. The molecule has 2 heterocycles. The predicted molar refractivity (Wildman–Crippen MR) is 99.4 cm³/mol. The number of para-hydroxylation sites is 1. The summed E-state index contributed by atoms with van der Waals surface area (Å²) in [4.78, 5) is 44.6. The van der Waals surface area contributed by atoms with Crippen molar-refractivity contribution in [1.29, 1.82) is 0 Å². The third-order valence-electron chi connectivity index (χ3n) is 3.69. The number of benzene rings is 1. The van der Waals surface area contributed by atoms with Gasteiger partial charge in [-0.2, -0.15) is 0 Å². The average Bonchev–Trinajstić information content (AvgIpc) is 2.66. The molecule has 0 aliphatic heterocycles. The molecule has 0 radical (unpaired) electrons.